The van der Waals surface area contributed by atoms with Crippen LogP contribution in [0.15, 0.2) is 18.2 Å². The van der Waals surface area contributed by atoms with E-state index in [2.05, 4.69) is 5.32 Å². The Morgan fingerprint density at radius 3 is 2.73 bits per heavy atom. The fourth-order valence-corrected chi connectivity index (χ4v) is 1.74. The topological polar surface area (TPSA) is 49.3 Å². The largest absolute Gasteiger partial charge is 0.478 e. The molecule has 1 saturated carbocycles. The summed E-state index contributed by atoms with van der Waals surface area (Å²) in [6.07, 6.45) is 3.53. The second kappa shape index (κ2) is 3.93. The summed E-state index contributed by atoms with van der Waals surface area (Å²) < 4.78 is 0. The molecule has 0 spiro atoms. The van der Waals surface area contributed by atoms with Gasteiger partial charge in [0.05, 0.1) is 5.56 Å². The molecule has 0 atom stereocenters. The Morgan fingerprint density at radius 1 is 1.47 bits per heavy atom. The van der Waals surface area contributed by atoms with Crippen LogP contribution in [0.2, 0.25) is 0 Å². The molecule has 1 aliphatic rings. The number of anilines is 1. The lowest BCUT2D eigenvalue weighted by molar-refractivity contribution is 0.0698. The van der Waals surface area contributed by atoms with Gasteiger partial charge in [-0.05, 0) is 43.9 Å². The average Bonchev–Trinajstić information content (AvgIpc) is 2.11. The van der Waals surface area contributed by atoms with E-state index in [-0.39, 0.29) is 0 Å². The van der Waals surface area contributed by atoms with E-state index in [9.17, 15) is 4.79 Å². The van der Waals surface area contributed by atoms with E-state index in [1.54, 1.807) is 6.07 Å². The molecule has 3 heteroatoms. The molecule has 2 N–H and O–H groups in total. The fraction of sp³-hybridized carbons (Fsp3) is 0.417. The van der Waals surface area contributed by atoms with Crippen molar-refractivity contribution in [2.24, 2.45) is 0 Å². The van der Waals surface area contributed by atoms with Gasteiger partial charge >= 0.3 is 5.97 Å². The van der Waals surface area contributed by atoms with Gasteiger partial charge in [-0.15, -0.1) is 0 Å². The van der Waals surface area contributed by atoms with Gasteiger partial charge < -0.3 is 10.4 Å². The van der Waals surface area contributed by atoms with Gasteiger partial charge in [0.2, 0.25) is 0 Å². The normalized spacial score (nSPS) is 15.8. The van der Waals surface area contributed by atoms with E-state index in [4.69, 9.17) is 5.11 Å². The van der Waals surface area contributed by atoms with Crippen LogP contribution in [0.4, 0.5) is 5.69 Å². The van der Waals surface area contributed by atoms with Crippen molar-refractivity contribution in [1.82, 2.24) is 0 Å². The van der Waals surface area contributed by atoms with Crippen molar-refractivity contribution in [2.75, 3.05) is 5.32 Å². The summed E-state index contributed by atoms with van der Waals surface area (Å²) in [6, 6.07) is 5.86. The Labute approximate surface area is 89.1 Å². The Morgan fingerprint density at radius 2 is 2.20 bits per heavy atom. The molecule has 0 heterocycles. The van der Waals surface area contributed by atoms with Crippen LogP contribution in [-0.2, 0) is 0 Å². The lowest BCUT2D eigenvalue weighted by Crippen LogP contribution is -2.27. The molecule has 3 nitrogen and oxygen atoms in total. The van der Waals surface area contributed by atoms with Gasteiger partial charge in [0.25, 0.3) is 0 Å². The first kappa shape index (κ1) is 10.0. The van der Waals surface area contributed by atoms with Crippen LogP contribution >= 0.6 is 0 Å². The van der Waals surface area contributed by atoms with E-state index in [1.807, 2.05) is 19.1 Å². The zero-order valence-corrected chi connectivity index (χ0v) is 8.79. The first-order chi connectivity index (χ1) is 7.16. The first-order valence-electron chi connectivity index (χ1n) is 5.27. The number of carboxylic acid groups (broad SMARTS) is 1. The molecular weight excluding hydrogens is 190 g/mol. The summed E-state index contributed by atoms with van der Waals surface area (Å²) in [5.74, 6) is -0.864. The quantitative estimate of drug-likeness (QED) is 0.797. The predicted molar refractivity (Wildman–Crippen MR) is 59.4 cm³/mol. The van der Waals surface area contributed by atoms with Crippen molar-refractivity contribution >= 4 is 11.7 Å². The molecule has 0 amide bonds. The highest BCUT2D eigenvalue weighted by atomic mass is 16.4. The molecular formula is C12H15NO2. The van der Waals surface area contributed by atoms with Gasteiger partial charge in [0.1, 0.15) is 0 Å². The predicted octanol–water partition coefficient (Wildman–Crippen LogP) is 2.66. The van der Waals surface area contributed by atoms with Crippen molar-refractivity contribution in [1.29, 1.82) is 0 Å². The molecule has 2 rings (SSSR count). The minimum atomic E-state index is -0.864. The van der Waals surface area contributed by atoms with Crippen molar-refractivity contribution in [3.05, 3.63) is 29.3 Å². The smallest absolute Gasteiger partial charge is 0.337 e. The maximum absolute atomic E-state index is 11.0. The third-order valence-electron chi connectivity index (χ3n) is 2.87. The standard InChI is InChI=1S/C12H15NO2/c1-8-5-6-10(12(14)15)11(7-8)13-9-3-2-4-9/h5-7,9,13H,2-4H2,1H3,(H,14,15). The first-order valence-corrected chi connectivity index (χ1v) is 5.27. The maximum atomic E-state index is 11.0. The summed E-state index contributed by atoms with van der Waals surface area (Å²) in [5, 5.41) is 12.3. The van der Waals surface area contributed by atoms with E-state index in [1.165, 1.54) is 6.42 Å². The Hall–Kier alpha value is -1.51. The molecule has 0 saturated heterocycles. The highest BCUT2D eigenvalue weighted by Gasteiger charge is 2.19. The summed E-state index contributed by atoms with van der Waals surface area (Å²) in [4.78, 5) is 11.0. The maximum Gasteiger partial charge on any atom is 0.337 e. The van der Waals surface area contributed by atoms with Gasteiger partial charge in [0.15, 0.2) is 0 Å². The number of hydrogen-bond donors (Lipinski definition) is 2. The van der Waals surface area contributed by atoms with E-state index in [0.717, 1.165) is 24.1 Å². The number of aromatic carboxylic acids is 1. The lowest BCUT2D eigenvalue weighted by atomic mass is 9.92. The monoisotopic (exact) mass is 205 g/mol. The Bertz CT molecular complexity index is 383. The summed E-state index contributed by atoms with van der Waals surface area (Å²) >= 11 is 0. The molecule has 15 heavy (non-hydrogen) atoms. The zero-order valence-electron chi connectivity index (χ0n) is 8.79. The molecule has 0 aliphatic heterocycles. The second-order valence-corrected chi connectivity index (χ2v) is 4.13. The minimum absolute atomic E-state index is 0.368. The number of carboxylic acids is 1. The van der Waals surface area contributed by atoms with Gasteiger partial charge in [-0.25, -0.2) is 4.79 Å². The summed E-state index contributed by atoms with van der Waals surface area (Å²) in [7, 11) is 0. The second-order valence-electron chi connectivity index (χ2n) is 4.13. The van der Waals surface area contributed by atoms with Crippen LogP contribution in [0.3, 0.4) is 0 Å². The van der Waals surface area contributed by atoms with Gasteiger partial charge in [-0.3, -0.25) is 0 Å². The van der Waals surface area contributed by atoms with Crippen LogP contribution < -0.4 is 5.32 Å². The summed E-state index contributed by atoms with van der Waals surface area (Å²) in [5.41, 5.74) is 2.21. The van der Waals surface area contributed by atoms with Gasteiger partial charge in [-0.2, -0.15) is 0 Å². The molecule has 80 valence electrons. The molecule has 1 aliphatic carbocycles. The van der Waals surface area contributed by atoms with Crippen LogP contribution in [0.5, 0.6) is 0 Å². The summed E-state index contributed by atoms with van der Waals surface area (Å²) in [6.45, 7) is 1.97. The van der Waals surface area contributed by atoms with E-state index in [0.29, 0.717) is 11.6 Å². The van der Waals surface area contributed by atoms with Crippen molar-refractivity contribution in [3.8, 4) is 0 Å². The average molecular weight is 205 g/mol. The molecule has 1 fully saturated rings. The van der Waals surface area contributed by atoms with Gasteiger partial charge in [0, 0.05) is 11.7 Å². The van der Waals surface area contributed by atoms with Crippen LogP contribution in [0.25, 0.3) is 0 Å². The highest BCUT2D eigenvalue weighted by molar-refractivity contribution is 5.94. The molecule has 0 aromatic heterocycles. The minimum Gasteiger partial charge on any atom is -0.478 e. The Balaban J connectivity index is 2.24. The number of aryl methyl sites for hydroxylation is 1. The third-order valence-corrected chi connectivity index (χ3v) is 2.87. The number of rotatable bonds is 3. The van der Waals surface area contributed by atoms with Gasteiger partial charge in [-0.1, -0.05) is 6.07 Å². The van der Waals surface area contributed by atoms with Crippen LogP contribution in [0.1, 0.15) is 35.2 Å². The molecule has 1 aromatic carbocycles. The fourth-order valence-electron chi connectivity index (χ4n) is 1.74. The number of carbonyl (C=O) groups is 1. The Kier molecular flexibility index (Phi) is 2.62. The lowest BCUT2D eigenvalue weighted by Gasteiger charge is -2.28. The number of nitrogens with one attached hydrogen (secondary N) is 1. The van der Waals surface area contributed by atoms with Crippen LogP contribution in [0, 0.1) is 6.92 Å². The number of hydrogen-bond acceptors (Lipinski definition) is 2. The molecule has 1 aromatic rings. The zero-order chi connectivity index (χ0) is 10.8. The van der Waals surface area contributed by atoms with Crippen molar-refractivity contribution in [2.45, 2.75) is 32.2 Å². The third kappa shape index (κ3) is 2.12. The van der Waals surface area contributed by atoms with Crippen molar-refractivity contribution < 1.29 is 9.90 Å². The SMILES string of the molecule is Cc1ccc(C(=O)O)c(NC2CCC2)c1. The molecule has 0 bridgehead atoms. The van der Waals surface area contributed by atoms with Crippen molar-refractivity contribution in [3.63, 3.8) is 0 Å². The van der Waals surface area contributed by atoms with E-state index < -0.39 is 5.97 Å². The molecule has 0 unspecified atom stereocenters. The highest BCUT2D eigenvalue weighted by Crippen LogP contribution is 2.26. The number of benzene rings is 1. The molecule has 0 radical (unpaired) electrons. The van der Waals surface area contributed by atoms with E-state index >= 15 is 0 Å². The van der Waals surface area contributed by atoms with Crippen LogP contribution in [-0.4, -0.2) is 17.1 Å².